The Morgan fingerprint density at radius 3 is 2.39 bits per heavy atom. The first-order valence-corrected chi connectivity index (χ1v) is 8.71. The number of rotatable bonds is 5. The van der Waals surface area contributed by atoms with Gasteiger partial charge in [-0.3, -0.25) is 4.79 Å². The van der Waals surface area contributed by atoms with Gasteiger partial charge in [0.05, 0.1) is 5.48 Å². The number of carbonyl (C=O) groups is 1. The second-order valence-electron chi connectivity index (χ2n) is 4.97. The van der Waals surface area contributed by atoms with E-state index in [4.69, 9.17) is 25.5 Å². The molecule has 0 bridgehead atoms. The minimum atomic E-state index is -5.16. The molecule has 2 aromatic carbocycles. The number of ether oxygens (including phenoxy) is 1. The molecule has 10 heteroatoms. The minimum Gasteiger partial charge on any atom is -0.460 e. The van der Waals surface area contributed by atoms with Crippen molar-refractivity contribution in [2.75, 3.05) is 0 Å². The maximum absolute atomic E-state index is 13.1. The zero-order valence-corrected chi connectivity index (χ0v) is 14.7. The molecule has 2 aromatic rings. The van der Waals surface area contributed by atoms with E-state index in [0.29, 0.717) is 0 Å². The number of halogens is 1. The number of benzene rings is 2. The maximum Gasteiger partial charge on any atom is 0.373 e. The van der Waals surface area contributed by atoms with Gasteiger partial charge in [0.1, 0.15) is 11.5 Å². The van der Waals surface area contributed by atoms with Crippen LogP contribution in [0.5, 0.6) is 0 Å². The van der Waals surface area contributed by atoms with Crippen LogP contribution in [0, 0.1) is 5.82 Å². The Morgan fingerprint density at radius 1 is 1.25 bits per heavy atom. The Labute approximate surface area is 165 Å². The van der Waals surface area contributed by atoms with E-state index in [2.05, 4.69) is 4.18 Å². The maximum atomic E-state index is 13.1. The summed E-state index contributed by atoms with van der Waals surface area (Å²) in [7, 11) is -5.16. The first kappa shape index (κ1) is 15.6. The average molecular weight is 411 g/mol. The zero-order valence-electron chi connectivity index (χ0n) is 17.8. The molecule has 3 rings (SSSR count). The van der Waals surface area contributed by atoms with E-state index in [1.165, 1.54) is 24.3 Å². The Balaban J connectivity index is 0.00000114. The third-order valence-electron chi connectivity index (χ3n) is 3.11. The Bertz CT molecular complexity index is 1190. The van der Waals surface area contributed by atoms with E-state index in [-0.39, 0.29) is 17.8 Å². The van der Waals surface area contributed by atoms with Gasteiger partial charge in [0, 0.05) is 5.56 Å². The summed E-state index contributed by atoms with van der Waals surface area (Å²) >= 11 is 0. The van der Waals surface area contributed by atoms with Crippen molar-refractivity contribution in [3.05, 3.63) is 83.2 Å². The van der Waals surface area contributed by atoms with Crippen LogP contribution < -0.4 is 5.73 Å². The Hall–Kier alpha value is -3.49. The van der Waals surface area contributed by atoms with Gasteiger partial charge in [-0.2, -0.15) is 18.0 Å². The van der Waals surface area contributed by atoms with Crippen LogP contribution in [0.1, 0.15) is 22.7 Å². The highest BCUT2D eigenvalue weighted by molar-refractivity contribution is 7.86. The smallest absolute Gasteiger partial charge is 0.373 e. The number of hydrogen-bond donors (Lipinski definition) is 1. The lowest BCUT2D eigenvalue weighted by atomic mass is 10.1. The van der Waals surface area contributed by atoms with Crippen molar-refractivity contribution in [2.45, 2.75) is 11.8 Å². The molecule has 0 saturated heterocycles. The molecule has 0 spiro atoms. The lowest BCUT2D eigenvalue weighted by Crippen LogP contribution is -2.16. The molecule has 1 aliphatic rings. The molecule has 0 amide bonds. The molecule has 28 heavy (non-hydrogen) atoms. The van der Waals surface area contributed by atoms with Crippen LogP contribution in [0.3, 0.4) is 0 Å². The summed E-state index contributed by atoms with van der Waals surface area (Å²) < 4.78 is 79.2. The number of ketones is 1. The van der Waals surface area contributed by atoms with Gasteiger partial charge >= 0.3 is 16.3 Å². The van der Waals surface area contributed by atoms with Crippen LogP contribution in [0.25, 0.3) is 0 Å². The van der Waals surface area contributed by atoms with Crippen LogP contribution >= 0.6 is 0 Å². The molecule has 0 aromatic heterocycles. The molecular weight excluding hydrogens is 393 g/mol. The first-order chi connectivity index (χ1) is 14.8. The lowest BCUT2D eigenvalue weighted by molar-refractivity contribution is -0.191. The standard InChI is InChI=1S/C17H14FNO5S.CO2/c18-13-8-6-11(7-9-13)10-25(21,22)24-16-14(20)15(23-17(16)19)12-4-2-1-3-5-12;2-1-3/h1-9,15H,10,19H2;/t15-;/m1./s1/i1D,10D2,15D;. The summed E-state index contributed by atoms with van der Waals surface area (Å²) in [5.74, 6) is -3.81. The van der Waals surface area contributed by atoms with Crippen molar-refractivity contribution in [1.82, 2.24) is 0 Å². The molecular formula is C18H14FNO7S. The normalized spacial score (nSPS) is 21.1. The Kier molecular flexibility index (Phi) is 4.97. The van der Waals surface area contributed by atoms with Gasteiger partial charge in [0.15, 0.2) is 6.08 Å². The van der Waals surface area contributed by atoms with Gasteiger partial charge in [-0.05, 0) is 17.7 Å². The fourth-order valence-corrected chi connectivity index (χ4v) is 2.86. The van der Waals surface area contributed by atoms with Gasteiger partial charge in [0.2, 0.25) is 17.4 Å². The van der Waals surface area contributed by atoms with Crippen molar-refractivity contribution in [3.8, 4) is 0 Å². The molecule has 1 aliphatic heterocycles. The monoisotopic (exact) mass is 411 g/mol. The molecule has 146 valence electrons. The number of Topliss-reactive ketones (excluding diaryl/α,β-unsaturated/α-hetero) is 1. The molecule has 8 nitrogen and oxygen atoms in total. The van der Waals surface area contributed by atoms with Crippen LogP contribution in [0.2, 0.25) is 0 Å². The van der Waals surface area contributed by atoms with Crippen LogP contribution in [-0.2, 0) is 39.1 Å². The van der Waals surface area contributed by atoms with Crippen LogP contribution in [0.4, 0.5) is 4.39 Å². The highest BCUT2D eigenvalue weighted by Crippen LogP contribution is 2.32. The fourth-order valence-electron chi connectivity index (χ4n) is 2.02. The van der Waals surface area contributed by atoms with Gasteiger partial charge in [-0.25, -0.2) is 4.39 Å². The van der Waals surface area contributed by atoms with Gasteiger partial charge in [-0.15, -0.1) is 0 Å². The molecule has 0 unspecified atom stereocenters. The fraction of sp³-hybridized carbons (Fsp3) is 0.111. The predicted octanol–water partition coefficient (Wildman–Crippen LogP) is 1.56. The SMILES string of the molecule is O=C=O.[2H]c1ccc([C@@]2([2H])OC(N)=C(OS(=O)(=O)C([2H])([2H])c3ccc(F)cc3)C2=O)cc1. The van der Waals surface area contributed by atoms with E-state index >= 15 is 0 Å². The summed E-state index contributed by atoms with van der Waals surface area (Å²) in [6.07, 6.45) is -2.20. The van der Waals surface area contributed by atoms with Crippen molar-refractivity contribution in [3.63, 3.8) is 0 Å². The molecule has 0 saturated carbocycles. The van der Waals surface area contributed by atoms with Crippen LogP contribution in [0.15, 0.2) is 66.2 Å². The van der Waals surface area contributed by atoms with Crippen molar-refractivity contribution >= 4 is 22.1 Å². The second-order valence-corrected chi connectivity index (χ2v) is 6.25. The third kappa shape index (κ3) is 5.26. The third-order valence-corrected chi connectivity index (χ3v) is 3.98. The largest absolute Gasteiger partial charge is 0.460 e. The minimum absolute atomic E-state index is 0.0287. The highest BCUT2D eigenvalue weighted by Gasteiger charge is 2.39. The number of nitrogens with two attached hydrogens (primary N) is 1. The quantitative estimate of drug-likeness (QED) is 0.734. The lowest BCUT2D eigenvalue weighted by Gasteiger charge is -2.09. The Morgan fingerprint density at radius 2 is 1.82 bits per heavy atom. The van der Waals surface area contributed by atoms with Gasteiger partial charge < -0.3 is 14.7 Å². The summed E-state index contributed by atoms with van der Waals surface area (Å²) in [6, 6.07) is 8.77. The van der Waals surface area contributed by atoms with Crippen molar-refractivity contribution < 1.29 is 41.6 Å². The van der Waals surface area contributed by atoms with Gasteiger partial charge in [-0.1, -0.05) is 42.4 Å². The molecule has 0 radical (unpaired) electrons. The molecule has 1 heterocycles. The summed E-state index contributed by atoms with van der Waals surface area (Å²) in [5.41, 5.74) is 1.91. The topological polar surface area (TPSA) is 130 Å². The highest BCUT2D eigenvalue weighted by atomic mass is 32.2. The van der Waals surface area contributed by atoms with E-state index in [9.17, 15) is 17.6 Å². The summed E-state index contributed by atoms with van der Waals surface area (Å²) in [5, 5.41) is 0. The second kappa shape index (κ2) is 8.94. The zero-order chi connectivity index (χ0) is 24.3. The average Bonchev–Trinajstić information content (AvgIpc) is 2.93. The molecule has 0 aliphatic carbocycles. The predicted molar refractivity (Wildman–Crippen MR) is 91.6 cm³/mol. The molecule has 1 atom stereocenters. The summed E-state index contributed by atoms with van der Waals surface area (Å²) in [4.78, 5) is 28.9. The van der Waals surface area contributed by atoms with E-state index in [0.717, 1.165) is 24.3 Å². The number of carbonyl (C=O) groups excluding carboxylic acids is 3. The molecule has 0 fully saturated rings. The first-order valence-electron chi connectivity index (χ1n) is 9.30. The van der Waals surface area contributed by atoms with E-state index < -0.39 is 50.7 Å². The van der Waals surface area contributed by atoms with Crippen molar-refractivity contribution in [2.24, 2.45) is 5.73 Å². The van der Waals surface area contributed by atoms with Crippen molar-refractivity contribution in [1.29, 1.82) is 0 Å². The van der Waals surface area contributed by atoms with E-state index in [1.54, 1.807) is 0 Å². The number of hydrogen-bond acceptors (Lipinski definition) is 8. The van der Waals surface area contributed by atoms with Crippen LogP contribution in [-0.4, -0.2) is 20.4 Å². The van der Waals surface area contributed by atoms with E-state index in [1.807, 2.05) is 0 Å². The van der Waals surface area contributed by atoms with Gasteiger partial charge in [0.25, 0.3) is 0 Å². The molecule has 2 N–H and O–H groups in total. The summed E-state index contributed by atoms with van der Waals surface area (Å²) in [6.45, 7) is 0.